The summed E-state index contributed by atoms with van der Waals surface area (Å²) in [7, 11) is 2.84. The van der Waals surface area contributed by atoms with Gasteiger partial charge in [0.05, 0.1) is 20.6 Å². The summed E-state index contributed by atoms with van der Waals surface area (Å²) >= 11 is 0. The van der Waals surface area contributed by atoms with Crippen LogP contribution >= 0.6 is 0 Å². The number of nitrogens with one attached hydrogen (secondary N) is 2. The highest BCUT2D eigenvalue weighted by atomic mass is 16.5. The Bertz CT molecular complexity index is 711. The van der Waals surface area contributed by atoms with Gasteiger partial charge in [-0.1, -0.05) is 27.7 Å². The van der Waals surface area contributed by atoms with Gasteiger partial charge in [-0.3, -0.25) is 4.79 Å². The van der Waals surface area contributed by atoms with Crippen LogP contribution in [-0.2, 0) is 9.53 Å². The molecule has 1 aromatic rings. The fourth-order valence-corrected chi connectivity index (χ4v) is 4.24. The topological polar surface area (TPSA) is 111 Å². The molecule has 0 radical (unpaired) electrons. The minimum atomic E-state index is -0.376. The van der Waals surface area contributed by atoms with Crippen molar-refractivity contribution in [3.8, 4) is 6.01 Å². The number of piperidine rings is 1. The number of aliphatic imine (C=N–C) groups is 1. The second-order valence-electron chi connectivity index (χ2n) is 7.89. The molecule has 0 spiro atoms. The van der Waals surface area contributed by atoms with Gasteiger partial charge in [-0.15, -0.1) is 0 Å². The normalized spacial score (nSPS) is 18.3. The van der Waals surface area contributed by atoms with E-state index in [-0.39, 0.29) is 41.5 Å². The number of hydrogen-bond donors (Lipinski definition) is 2. The molecule has 1 aliphatic rings. The minimum Gasteiger partial charge on any atom is -0.469 e. The first-order valence-electron chi connectivity index (χ1n) is 10.8. The third-order valence-electron chi connectivity index (χ3n) is 6.32. The predicted molar refractivity (Wildman–Crippen MR) is 118 cm³/mol. The van der Waals surface area contributed by atoms with E-state index in [1.807, 2.05) is 0 Å². The van der Waals surface area contributed by atoms with Gasteiger partial charge in [0.15, 0.2) is 0 Å². The molecule has 2 rings (SSSR count). The Hall–Kier alpha value is -2.29. The van der Waals surface area contributed by atoms with Crippen LogP contribution in [0, 0.1) is 0 Å². The number of carbonyl (C=O) groups is 1. The third kappa shape index (κ3) is 5.87. The van der Waals surface area contributed by atoms with Gasteiger partial charge in [0, 0.05) is 23.3 Å². The van der Waals surface area contributed by atoms with Crippen LogP contribution in [0.5, 0.6) is 6.01 Å². The zero-order chi connectivity index (χ0) is 22.2. The quantitative estimate of drug-likeness (QED) is 0.437. The van der Waals surface area contributed by atoms with E-state index < -0.39 is 0 Å². The summed E-state index contributed by atoms with van der Waals surface area (Å²) in [5.41, 5.74) is 0.168. The van der Waals surface area contributed by atoms with Crippen molar-refractivity contribution in [2.75, 3.05) is 19.5 Å². The van der Waals surface area contributed by atoms with E-state index in [4.69, 9.17) is 4.74 Å². The lowest BCUT2D eigenvalue weighted by Crippen LogP contribution is -2.64. The standard InChI is InChI=1S/C21H36N6O3/c1-7-20(8-2)13-15(14-21(9-3,10-4)27-20)23-18-24-17(25-19(26-18)30-6)22-12-11-16(28)29-5/h12,15,27H,7-11,13-14H2,1-6H3,(H,23,24,25,26). The third-order valence-corrected chi connectivity index (χ3v) is 6.32. The van der Waals surface area contributed by atoms with Crippen molar-refractivity contribution in [2.45, 2.75) is 89.8 Å². The second kappa shape index (κ2) is 10.7. The highest BCUT2D eigenvalue weighted by molar-refractivity contribution is 5.86. The van der Waals surface area contributed by atoms with Gasteiger partial charge >= 0.3 is 12.0 Å². The molecule has 1 aromatic heterocycles. The SMILES string of the molecule is CCC1(CC)CC(Nc2nc(N=CCC(=O)OC)nc(OC)n2)CC(CC)(CC)N1. The minimum absolute atomic E-state index is 0.0482. The van der Waals surface area contributed by atoms with Gasteiger partial charge in [-0.2, -0.15) is 15.0 Å². The van der Waals surface area contributed by atoms with Crippen LogP contribution in [0.2, 0.25) is 0 Å². The first kappa shape index (κ1) is 24.0. The lowest BCUT2D eigenvalue weighted by atomic mass is 9.71. The fourth-order valence-electron chi connectivity index (χ4n) is 4.24. The van der Waals surface area contributed by atoms with Gasteiger partial charge in [-0.05, 0) is 38.5 Å². The van der Waals surface area contributed by atoms with Crippen molar-refractivity contribution in [1.82, 2.24) is 20.3 Å². The number of anilines is 1. The summed E-state index contributed by atoms with van der Waals surface area (Å²) in [6.45, 7) is 8.98. The van der Waals surface area contributed by atoms with E-state index in [1.54, 1.807) is 0 Å². The molecular weight excluding hydrogens is 384 g/mol. The summed E-state index contributed by atoms with van der Waals surface area (Å²) in [5, 5.41) is 7.49. The van der Waals surface area contributed by atoms with Crippen LogP contribution in [0.1, 0.15) is 72.6 Å². The Kier molecular flexibility index (Phi) is 8.52. The van der Waals surface area contributed by atoms with Crippen molar-refractivity contribution in [3.05, 3.63) is 0 Å². The monoisotopic (exact) mass is 420 g/mol. The molecule has 1 saturated heterocycles. The molecule has 30 heavy (non-hydrogen) atoms. The van der Waals surface area contributed by atoms with E-state index in [0.717, 1.165) is 38.5 Å². The largest absolute Gasteiger partial charge is 0.469 e. The van der Waals surface area contributed by atoms with Crippen molar-refractivity contribution in [3.63, 3.8) is 0 Å². The average molecular weight is 421 g/mol. The molecule has 0 saturated carbocycles. The molecule has 1 aliphatic heterocycles. The first-order valence-corrected chi connectivity index (χ1v) is 10.8. The number of rotatable bonds is 10. The Labute approximate surface area is 179 Å². The molecular formula is C21H36N6O3. The van der Waals surface area contributed by atoms with Gasteiger partial charge < -0.3 is 20.1 Å². The molecule has 9 heteroatoms. The van der Waals surface area contributed by atoms with Crippen LogP contribution < -0.4 is 15.4 Å². The second-order valence-corrected chi connectivity index (χ2v) is 7.89. The summed E-state index contributed by atoms with van der Waals surface area (Å²) < 4.78 is 9.83. The molecule has 168 valence electrons. The smallest absolute Gasteiger partial charge is 0.322 e. The molecule has 0 aliphatic carbocycles. The number of carbonyl (C=O) groups excluding carboxylic acids is 1. The van der Waals surface area contributed by atoms with Gasteiger partial charge in [-0.25, -0.2) is 4.99 Å². The highest BCUT2D eigenvalue weighted by Crippen LogP contribution is 2.38. The van der Waals surface area contributed by atoms with Crippen LogP contribution in [0.3, 0.4) is 0 Å². The lowest BCUT2D eigenvalue weighted by molar-refractivity contribution is -0.139. The molecule has 2 heterocycles. The number of ether oxygens (including phenoxy) is 2. The molecule has 0 aromatic carbocycles. The Balaban J connectivity index is 2.26. The fraction of sp³-hybridized carbons (Fsp3) is 0.762. The van der Waals surface area contributed by atoms with Crippen LogP contribution in [0.25, 0.3) is 0 Å². The molecule has 0 bridgehead atoms. The van der Waals surface area contributed by atoms with E-state index in [2.05, 4.69) is 63.0 Å². The average Bonchev–Trinajstić information content (AvgIpc) is 2.78. The highest BCUT2D eigenvalue weighted by Gasteiger charge is 2.44. The summed E-state index contributed by atoms with van der Waals surface area (Å²) in [5.74, 6) is 0.247. The van der Waals surface area contributed by atoms with Gasteiger partial charge in [0.25, 0.3) is 5.95 Å². The summed E-state index contributed by atoms with van der Waals surface area (Å²) in [6.07, 6.45) is 7.69. The van der Waals surface area contributed by atoms with Gasteiger partial charge in [0.1, 0.15) is 0 Å². The van der Waals surface area contributed by atoms with E-state index in [1.165, 1.54) is 20.4 Å². The maximum Gasteiger partial charge on any atom is 0.322 e. The molecule has 0 amide bonds. The number of esters is 1. The van der Waals surface area contributed by atoms with E-state index in [0.29, 0.717) is 5.95 Å². The van der Waals surface area contributed by atoms with Gasteiger partial charge in [0.2, 0.25) is 5.95 Å². The summed E-state index contributed by atoms with van der Waals surface area (Å²) in [4.78, 5) is 28.4. The molecule has 1 fully saturated rings. The molecule has 9 nitrogen and oxygen atoms in total. The zero-order valence-corrected chi connectivity index (χ0v) is 19.1. The molecule has 2 N–H and O–H groups in total. The van der Waals surface area contributed by atoms with Crippen LogP contribution in [0.4, 0.5) is 11.9 Å². The number of methoxy groups -OCH3 is 2. The Morgan fingerprint density at radius 2 is 1.70 bits per heavy atom. The Morgan fingerprint density at radius 1 is 1.10 bits per heavy atom. The van der Waals surface area contributed by atoms with E-state index in [9.17, 15) is 4.79 Å². The number of nitrogens with zero attached hydrogens (tertiary/aromatic N) is 4. The van der Waals surface area contributed by atoms with Crippen LogP contribution in [0.15, 0.2) is 4.99 Å². The van der Waals surface area contributed by atoms with Crippen molar-refractivity contribution in [1.29, 1.82) is 0 Å². The number of aromatic nitrogens is 3. The van der Waals surface area contributed by atoms with Crippen molar-refractivity contribution < 1.29 is 14.3 Å². The molecule has 0 unspecified atom stereocenters. The maximum absolute atomic E-state index is 11.3. The summed E-state index contributed by atoms with van der Waals surface area (Å²) in [6, 6.07) is 0.395. The maximum atomic E-state index is 11.3. The Morgan fingerprint density at radius 3 is 2.20 bits per heavy atom. The van der Waals surface area contributed by atoms with Crippen molar-refractivity contribution in [2.24, 2.45) is 4.99 Å². The van der Waals surface area contributed by atoms with Crippen LogP contribution in [-0.4, -0.2) is 58.5 Å². The van der Waals surface area contributed by atoms with E-state index >= 15 is 0 Å². The lowest BCUT2D eigenvalue weighted by Gasteiger charge is -2.52. The predicted octanol–water partition coefficient (Wildman–Crippen LogP) is 3.43. The molecule has 0 atom stereocenters. The van der Waals surface area contributed by atoms with Crippen molar-refractivity contribution >= 4 is 24.1 Å². The number of hydrogen-bond acceptors (Lipinski definition) is 9. The first-order chi connectivity index (χ1) is 14.4. The zero-order valence-electron chi connectivity index (χ0n) is 19.1.